The Morgan fingerprint density at radius 2 is 1.84 bits per heavy atom. The molecule has 0 aliphatic carbocycles. The van der Waals surface area contributed by atoms with Crippen molar-refractivity contribution < 1.29 is 36.2 Å². The number of nitrogens with zero attached hydrogens (tertiary/aromatic N) is 4. The first kappa shape index (κ1) is 21.8. The lowest BCUT2D eigenvalue weighted by atomic mass is 10.1. The summed E-state index contributed by atoms with van der Waals surface area (Å²) < 4.78 is 77.3. The number of rotatable bonds is 5. The van der Waals surface area contributed by atoms with Crippen molar-refractivity contribution in [1.82, 2.24) is 20.4 Å². The number of halogens is 5. The number of methoxy groups -OCH3 is 1. The van der Waals surface area contributed by atoms with Crippen LogP contribution in [-0.4, -0.2) is 33.4 Å². The van der Waals surface area contributed by atoms with Crippen molar-refractivity contribution in [3.63, 3.8) is 0 Å². The van der Waals surface area contributed by atoms with Gasteiger partial charge in [0.2, 0.25) is 11.6 Å². The van der Waals surface area contributed by atoms with Crippen molar-refractivity contribution in [2.24, 2.45) is 0 Å². The van der Waals surface area contributed by atoms with E-state index in [0.29, 0.717) is 6.07 Å². The standard InChI is InChI=1S/C18H12F5N5O3/c1-8-12(16(29)26-9-5-6-24-25-7-9)17(28-27-15(8)18(21,22)23)31-11-4-3-10(19)13(20)14(11)30-2/h3-7H,1-2H3,(H,24,26,29). The Balaban J connectivity index is 2.11. The van der Waals surface area contributed by atoms with Gasteiger partial charge in [0.15, 0.2) is 17.3 Å². The van der Waals surface area contributed by atoms with Gasteiger partial charge in [0.25, 0.3) is 11.8 Å². The topological polar surface area (TPSA) is 99.1 Å². The SMILES string of the molecule is COc1c(Oc2nnc(C(F)(F)F)c(C)c2C(=O)Nc2ccnnc2)ccc(F)c1F. The van der Waals surface area contributed by atoms with E-state index in [1.807, 2.05) is 0 Å². The fraction of sp³-hybridized carbons (Fsp3) is 0.167. The number of hydrogen-bond donors (Lipinski definition) is 1. The van der Waals surface area contributed by atoms with Crippen LogP contribution in [0.3, 0.4) is 0 Å². The Morgan fingerprint density at radius 3 is 2.45 bits per heavy atom. The van der Waals surface area contributed by atoms with E-state index >= 15 is 0 Å². The molecule has 2 heterocycles. The molecule has 0 bridgehead atoms. The Bertz CT molecular complexity index is 1130. The molecule has 1 amide bonds. The maximum atomic E-state index is 14.0. The average Bonchev–Trinajstić information content (AvgIpc) is 2.71. The predicted octanol–water partition coefficient (Wildman–Crippen LogP) is 3.93. The van der Waals surface area contributed by atoms with Crippen molar-refractivity contribution >= 4 is 11.6 Å². The second-order valence-corrected chi connectivity index (χ2v) is 5.93. The van der Waals surface area contributed by atoms with Gasteiger partial charge in [0.05, 0.1) is 25.2 Å². The molecular formula is C18H12F5N5O3. The van der Waals surface area contributed by atoms with Gasteiger partial charge in [-0.3, -0.25) is 4.79 Å². The third-order valence-electron chi connectivity index (χ3n) is 3.95. The highest BCUT2D eigenvalue weighted by Crippen LogP contribution is 2.38. The Kier molecular flexibility index (Phi) is 5.95. The first-order valence-corrected chi connectivity index (χ1v) is 8.35. The van der Waals surface area contributed by atoms with Gasteiger partial charge in [0, 0.05) is 0 Å². The van der Waals surface area contributed by atoms with E-state index in [4.69, 9.17) is 9.47 Å². The summed E-state index contributed by atoms with van der Waals surface area (Å²) >= 11 is 0. The van der Waals surface area contributed by atoms with Crippen LogP contribution in [0.2, 0.25) is 0 Å². The largest absolute Gasteiger partial charge is 0.490 e. The Hall–Kier alpha value is -3.90. The van der Waals surface area contributed by atoms with Crippen LogP contribution in [0.15, 0.2) is 30.6 Å². The molecule has 2 aromatic heterocycles. The summed E-state index contributed by atoms with van der Waals surface area (Å²) in [6.45, 7) is 0.993. The molecule has 0 spiro atoms. The van der Waals surface area contributed by atoms with Gasteiger partial charge in [0.1, 0.15) is 5.56 Å². The summed E-state index contributed by atoms with van der Waals surface area (Å²) in [6.07, 6.45) is -2.51. The number of ether oxygens (including phenoxy) is 2. The van der Waals surface area contributed by atoms with E-state index in [0.717, 1.165) is 26.3 Å². The lowest BCUT2D eigenvalue weighted by Gasteiger charge is -2.17. The zero-order valence-electron chi connectivity index (χ0n) is 15.8. The molecule has 13 heteroatoms. The number of carbonyl (C=O) groups is 1. The van der Waals surface area contributed by atoms with Crippen LogP contribution >= 0.6 is 0 Å². The van der Waals surface area contributed by atoms with E-state index in [1.165, 1.54) is 12.3 Å². The smallest absolute Gasteiger partial charge is 0.435 e. The first-order chi connectivity index (χ1) is 14.6. The van der Waals surface area contributed by atoms with Gasteiger partial charge in [-0.1, -0.05) is 0 Å². The van der Waals surface area contributed by atoms with Crippen LogP contribution in [0, 0.1) is 18.6 Å². The molecular weight excluding hydrogens is 429 g/mol. The summed E-state index contributed by atoms with van der Waals surface area (Å²) in [5.74, 6) is -5.48. The number of hydrogen-bond acceptors (Lipinski definition) is 7. The average molecular weight is 441 g/mol. The van der Waals surface area contributed by atoms with Crippen molar-refractivity contribution in [2.75, 3.05) is 12.4 Å². The minimum absolute atomic E-state index is 0.126. The van der Waals surface area contributed by atoms with Gasteiger partial charge in [-0.25, -0.2) is 4.39 Å². The minimum atomic E-state index is -4.91. The highest BCUT2D eigenvalue weighted by atomic mass is 19.4. The number of carbonyl (C=O) groups excluding carboxylic acids is 1. The third kappa shape index (κ3) is 4.49. The molecule has 0 atom stereocenters. The quantitative estimate of drug-likeness (QED) is 0.599. The van der Waals surface area contributed by atoms with E-state index in [9.17, 15) is 26.7 Å². The maximum Gasteiger partial charge on any atom is 0.435 e. The van der Waals surface area contributed by atoms with Gasteiger partial charge in [-0.05, 0) is 30.7 Å². The highest BCUT2D eigenvalue weighted by Gasteiger charge is 2.38. The summed E-state index contributed by atoms with van der Waals surface area (Å²) in [5.41, 5.74) is -2.53. The predicted molar refractivity (Wildman–Crippen MR) is 94.7 cm³/mol. The van der Waals surface area contributed by atoms with Crippen LogP contribution in [0.5, 0.6) is 17.4 Å². The van der Waals surface area contributed by atoms with Gasteiger partial charge >= 0.3 is 6.18 Å². The normalized spacial score (nSPS) is 11.2. The lowest BCUT2D eigenvalue weighted by Crippen LogP contribution is -2.21. The van der Waals surface area contributed by atoms with Crippen LogP contribution in [-0.2, 0) is 6.18 Å². The molecule has 162 valence electrons. The van der Waals surface area contributed by atoms with E-state index in [1.54, 1.807) is 0 Å². The fourth-order valence-corrected chi connectivity index (χ4v) is 2.55. The molecule has 0 fully saturated rings. The molecule has 0 saturated heterocycles. The zero-order chi connectivity index (χ0) is 22.8. The fourth-order valence-electron chi connectivity index (χ4n) is 2.55. The number of benzene rings is 1. The Morgan fingerprint density at radius 1 is 1.10 bits per heavy atom. The van der Waals surface area contributed by atoms with Crippen LogP contribution < -0.4 is 14.8 Å². The molecule has 3 aromatic rings. The molecule has 0 unspecified atom stereocenters. The second kappa shape index (κ2) is 8.45. The Labute approximate surface area is 171 Å². The number of alkyl halides is 3. The number of anilines is 1. The van der Waals surface area contributed by atoms with Gasteiger partial charge in [-0.15, -0.1) is 10.2 Å². The van der Waals surface area contributed by atoms with Crippen LogP contribution in [0.1, 0.15) is 21.6 Å². The molecule has 0 saturated carbocycles. The summed E-state index contributed by atoms with van der Waals surface area (Å²) in [4.78, 5) is 12.8. The van der Waals surface area contributed by atoms with Crippen molar-refractivity contribution in [2.45, 2.75) is 13.1 Å². The second-order valence-electron chi connectivity index (χ2n) is 5.93. The number of aromatic nitrogens is 4. The van der Waals surface area contributed by atoms with Crippen molar-refractivity contribution in [3.8, 4) is 17.4 Å². The zero-order valence-corrected chi connectivity index (χ0v) is 15.8. The molecule has 8 nitrogen and oxygen atoms in total. The van der Waals surface area contributed by atoms with Crippen molar-refractivity contribution in [3.05, 3.63) is 59.0 Å². The highest BCUT2D eigenvalue weighted by molar-refractivity contribution is 6.07. The van der Waals surface area contributed by atoms with E-state index in [-0.39, 0.29) is 5.69 Å². The maximum absolute atomic E-state index is 14.0. The van der Waals surface area contributed by atoms with Crippen molar-refractivity contribution in [1.29, 1.82) is 0 Å². The van der Waals surface area contributed by atoms with E-state index < -0.39 is 57.9 Å². The van der Waals surface area contributed by atoms with E-state index in [2.05, 4.69) is 25.7 Å². The summed E-state index contributed by atoms with van der Waals surface area (Å²) in [6, 6.07) is 3.01. The number of nitrogens with one attached hydrogen (secondary N) is 1. The summed E-state index contributed by atoms with van der Waals surface area (Å²) in [5, 5.41) is 15.8. The van der Waals surface area contributed by atoms with Gasteiger partial charge in [-0.2, -0.15) is 27.8 Å². The molecule has 3 rings (SSSR count). The molecule has 0 radical (unpaired) electrons. The molecule has 0 aliphatic heterocycles. The number of amides is 1. The first-order valence-electron chi connectivity index (χ1n) is 8.35. The van der Waals surface area contributed by atoms with Crippen LogP contribution in [0.4, 0.5) is 27.6 Å². The molecule has 1 aromatic carbocycles. The minimum Gasteiger partial charge on any atom is -0.490 e. The molecule has 31 heavy (non-hydrogen) atoms. The lowest BCUT2D eigenvalue weighted by molar-refractivity contribution is -0.142. The monoisotopic (exact) mass is 441 g/mol. The van der Waals surface area contributed by atoms with Gasteiger partial charge < -0.3 is 14.8 Å². The van der Waals surface area contributed by atoms with Crippen LogP contribution in [0.25, 0.3) is 0 Å². The summed E-state index contributed by atoms with van der Waals surface area (Å²) in [7, 11) is 1.03. The molecule has 0 aliphatic rings. The molecule has 1 N–H and O–H groups in total. The third-order valence-corrected chi connectivity index (χ3v) is 3.95.